The highest BCUT2D eigenvalue weighted by Crippen LogP contribution is 2.16. The predicted molar refractivity (Wildman–Crippen MR) is 82.9 cm³/mol. The predicted octanol–water partition coefficient (Wildman–Crippen LogP) is 2.16. The smallest absolute Gasteiger partial charge is 0.240 e. The summed E-state index contributed by atoms with van der Waals surface area (Å²) in [7, 11) is -3.47. The maximum Gasteiger partial charge on any atom is 0.240 e. The van der Waals surface area contributed by atoms with E-state index < -0.39 is 10.0 Å². The Bertz CT molecular complexity index is 729. The molecule has 5 nitrogen and oxygen atoms in total. The first kappa shape index (κ1) is 15.7. The molecule has 0 amide bonds. The van der Waals surface area contributed by atoms with Crippen LogP contribution in [0.4, 0.5) is 0 Å². The van der Waals surface area contributed by atoms with Crippen LogP contribution < -0.4 is 4.72 Å². The molecule has 0 aliphatic heterocycles. The van der Waals surface area contributed by atoms with Gasteiger partial charge in [0.1, 0.15) is 0 Å². The molecule has 1 aromatic heterocycles. The number of sulfonamides is 1. The standard InChI is InChI=1S/C15H21N3O2S/c1-10-5-6-15(11(2)9-10)21(19,20)16-8-7-14-12(3)17-18-13(14)4/h5-6,9,16H,7-8H2,1-4H3,(H,17,18). The van der Waals surface area contributed by atoms with E-state index >= 15 is 0 Å². The molecule has 0 radical (unpaired) electrons. The van der Waals surface area contributed by atoms with Crippen molar-refractivity contribution in [2.75, 3.05) is 6.54 Å². The van der Waals surface area contributed by atoms with E-state index in [1.165, 1.54) is 0 Å². The summed E-state index contributed by atoms with van der Waals surface area (Å²) in [4.78, 5) is 0.341. The first-order valence-corrected chi connectivity index (χ1v) is 8.37. The minimum Gasteiger partial charge on any atom is -0.282 e. The highest BCUT2D eigenvalue weighted by molar-refractivity contribution is 7.89. The average molecular weight is 307 g/mol. The van der Waals surface area contributed by atoms with Crippen molar-refractivity contribution >= 4 is 10.0 Å². The molecule has 2 aromatic rings. The zero-order chi connectivity index (χ0) is 15.6. The lowest BCUT2D eigenvalue weighted by Crippen LogP contribution is -2.26. The van der Waals surface area contributed by atoms with E-state index in [0.717, 1.165) is 28.1 Å². The minimum atomic E-state index is -3.47. The largest absolute Gasteiger partial charge is 0.282 e. The van der Waals surface area contributed by atoms with Gasteiger partial charge in [0.25, 0.3) is 0 Å². The third kappa shape index (κ3) is 3.51. The van der Waals surface area contributed by atoms with Crippen molar-refractivity contribution in [2.45, 2.75) is 39.0 Å². The number of rotatable bonds is 5. The third-order valence-electron chi connectivity index (χ3n) is 3.57. The van der Waals surface area contributed by atoms with Crippen LogP contribution in [0.3, 0.4) is 0 Å². The maximum absolute atomic E-state index is 12.3. The maximum atomic E-state index is 12.3. The van der Waals surface area contributed by atoms with Crippen molar-refractivity contribution < 1.29 is 8.42 Å². The van der Waals surface area contributed by atoms with E-state index in [1.807, 2.05) is 39.8 Å². The van der Waals surface area contributed by atoms with Crippen molar-refractivity contribution in [3.05, 3.63) is 46.3 Å². The fraction of sp³-hybridized carbons (Fsp3) is 0.400. The van der Waals surface area contributed by atoms with Crippen LogP contribution >= 0.6 is 0 Å². The van der Waals surface area contributed by atoms with Gasteiger partial charge in [-0.3, -0.25) is 5.10 Å². The second-order valence-electron chi connectivity index (χ2n) is 5.33. The summed E-state index contributed by atoms with van der Waals surface area (Å²) in [5, 5.41) is 7.02. The monoisotopic (exact) mass is 307 g/mol. The van der Waals surface area contributed by atoms with Crippen LogP contribution in [-0.2, 0) is 16.4 Å². The third-order valence-corrected chi connectivity index (χ3v) is 5.19. The van der Waals surface area contributed by atoms with Gasteiger partial charge in [-0.15, -0.1) is 0 Å². The van der Waals surface area contributed by atoms with Gasteiger partial charge < -0.3 is 0 Å². The molecule has 2 N–H and O–H groups in total. The van der Waals surface area contributed by atoms with Crippen molar-refractivity contribution in [3.63, 3.8) is 0 Å². The molecule has 21 heavy (non-hydrogen) atoms. The van der Waals surface area contributed by atoms with Crippen molar-refractivity contribution in [1.29, 1.82) is 0 Å². The van der Waals surface area contributed by atoms with E-state index in [0.29, 0.717) is 17.9 Å². The summed E-state index contributed by atoms with van der Waals surface area (Å²) >= 11 is 0. The lowest BCUT2D eigenvalue weighted by Gasteiger charge is -2.10. The Balaban J connectivity index is 2.08. The Labute approximate surface area is 125 Å². The molecule has 0 spiro atoms. The summed E-state index contributed by atoms with van der Waals surface area (Å²) in [5.74, 6) is 0. The molecule has 0 fully saturated rings. The minimum absolute atomic E-state index is 0.341. The highest BCUT2D eigenvalue weighted by Gasteiger charge is 2.16. The lowest BCUT2D eigenvalue weighted by atomic mass is 10.1. The molecule has 6 heteroatoms. The van der Waals surface area contributed by atoms with Gasteiger partial charge >= 0.3 is 0 Å². The van der Waals surface area contributed by atoms with Crippen LogP contribution in [0.2, 0.25) is 0 Å². The Kier molecular flexibility index (Phi) is 4.49. The topological polar surface area (TPSA) is 74.8 Å². The van der Waals surface area contributed by atoms with Crippen molar-refractivity contribution in [1.82, 2.24) is 14.9 Å². The molecule has 114 valence electrons. The van der Waals surface area contributed by atoms with Gasteiger partial charge in [0.05, 0.1) is 10.6 Å². The van der Waals surface area contributed by atoms with Crippen LogP contribution in [0.5, 0.6) is 0 Å². The zero-order valence-electron chi connectivity index (χ0n) is 12.8. The fourth-order valence-electron chi connectivity index (χ4n) is 2.43. The van der Waals surface area contributed by atoms with E-state index in [1.54, 1.807) is 6.07 Å². The van der Waals surface area contributed by atoms with E-state index in [9.17, 15) is 8.42 Å². The van der Waals surface area contributed by atoms with Crippen molar-refractivity contribution in [2.24, 2.45) is 0 Å². The Morgan fingerprint density at radius 1 is 1.19 bits per heavy atom. The number of benzene rings is 1. The van der Waals surface area contributed by atoms with E-state index in [2.05, 4.69) is 14.9 Å². The van der Waals surface area contributed by atoms with Crippen LogP contribution in [-0.4, -0.2) is 25.2 Å². The first-order valence-electron chi connectivity index (χ1n) is 6.88. The van der Waals surface area contributed by atoms with E-state index in [4.69, 9.17) is 0 Å². The Morgan fingerprint density at radius 3 is 2.48 bits per heavy atom. The summed E-state index contributed by atoms with van der Waals surface area (Å²) in [6, 6.07) is 5.34. The van der Waals surface area contributed by atoms with Gasteiger partial charge in [0.15, 0.2) is 0 Å². The number of aromatic amines is 1. The van der Waals surface area contributed by atoms with Gasteiger partial charge in [0, 0.05) is 12.2 Å². The Hall–Kier alpha value is -1.66. The summed E-state index contributed by atoms with van der Waals surface area (Å²) in [6.45, 7) is 7.97. The van der Waals surface area contributed by atoms with Gasteiger partial charge in [-0.05, 0) is 51.3 Å². The summed E-state index contributed by atoms with van der Waals surface area (Å²) < 4.78 is 27.3. The summed E-state index contributed by atoms with van der Waals surface area (Å²) in [6.07, 6.45) is 0.623. The molecule has 0 saturated carbocycles. The highest BCUT2D eigenvalue weighted by atomic mass is 32.2. The molecule has 0 saturated heterocycles. The molecule has 0 atom stereocenters. The van der Waals surface area contributed by atoms with E-state index in [-0.39, 0.29) is 0 Å². The first-order chi connectivity index (χ1) is 9.81. The molecule has 1 heterocycles. The molecule has 0 aliphatic carbocycles. The number of aromatic nitrogens is 2. The van der Waals surface area contributed by atoms with Crippen molar-refractivity contribution in [3.8, 4) is 0 Å². The lowest BCUT2D eigenvalue weighted by molar-refractivity contribution is 0.581. The molecule has 1 aromatic carbocycles. The fourth-order valence-corrected chi connectivity index (χ4v) is 3.69. The number of nitrogens with one attached hydrogen (secondary N) is 2. The number of nitrogens with zero attached hydrogens (tertiary/aromatic N) is 1. The number of hydrogen-bond donors (Lipinski definition) is 2. The quantitative estimate of drug-likeness (QED) is 0.889. The van der Waals surface area contributed by atoms with Gasteiger partial charge in [0.2, 0.25) is 10.0 Å². The van der Waals surface area contributed by atoms with Crippen LogP contribution in [0.25, 0.3) is 0 Å². The molecule has 0 aliphatic rings. The number of aryl methyl sites for hydroxylation is 4. The zero-order valence-corrected chi connectivity index (χ0v) is 13.6. The van der Waals surface area contributed by atoms with Gasteiger partial charge in [-0.25, -0.2) is 13.1 Å². The second-order valence-corrected chi connectivity index (χ2v) is 7.06. The molecular formula is C15H21N3O2S. The van der Waals surface area contributed by atoms with Gasteiger partial charge in [-0.2, -0.15) is 5.10 Å². The molecule has 2 rings (SSSR count). The normalized spacial score (nSPS) is 11.8. The number of hydrogen-bond acceptors (Lipinski definition) is 3. The average Bonchev–Trinajstić information content (AvgIpc) is 2.69. The Morgan fingerprint density at radius 2 is 1.90 bits per heavy atom. The molecular weight excluding hydrogens is 286 g/mol. The van der Waals surface area contributed by atoms with Crippen LogP contribution in [0.1, 0.15) is 28.1 Å². The molecule has 0 unspecified atom stereocenters. The summed E-state index contributed by atoms with van der Waals surface area (Å²) in [5.41, 5.74) is 4.78. The van der Waals surface area contributed by atoms with Crippen LogP contribution in [0, 0.1) is 27.7 Å². The van der Waals surface area contributed by atoms with Gasteiger partial charge in [-0.1, -0.05) is 17.7 Å². The number of H-pyrrole nitrogens is 1. The molecule has 0 bridgehead atoms. The second kappa shape index (κ2) is 5.99. The SMILES string of the molecule is Cc1ccc(S(=O)(=O)NCCc2c(C)n[nH]c2C)c(C)c1. The van der Waals surface area contributed by atoms with Crippen LogP contribution in [0.15, 0.2) is 23.1 Å².